The first-order chi connectivity index (χ1) is 18.8. The van der Waals surface area contributed by atoms with Gasteiger partial charge in [0, 0.05) is 11.9 Å². The van der Waals surface area contributed by atoms with Gasteiger partial charge in [0.2, 0.25) is 0 Å². The van der Waals surface area contributed by atoms with Crippen LogP contribution in [-0.2, 0) is 30.7 Å². The maximum Gasteiger partial charge on any atom is 0.410 e. The van der Waals surface area contributed by atoms with E-state index in [4.69, 9.17) is 14.2 Å². The first kappa shape index (κ1) is 29.2. The van der Waals surface area contributed by atoms with Crippen LogP contribution in [-0.4, -0.2) is 66.9 Å². The van der Waals surface area contributed by atoms with E-state index in [1.165, 1.54) is 24.1 Å². The molecule has 3 atom stereocenters. The molecule has 2 aromatic carbocycles. The van der Waals surface area contributed by atoms with E-state index in [1.807, 2.05) is 0 Å². The van der Waals surface area contributed by atoms with Crippen molar-refractivity contribution in [3.05, 3.63) is 72.4 Å². The number of hydrogen-bond donors (Lipinski definition) is 1. The largest absolute Gasteiger partial charge is 0.497 e. The minimum atomic E-state index is -4.26. The van der Waals surface area contributed by atoms with Crippen molar-refractivity contribution in [1.82, 2.24) is 8.87 Å². The van der Waals surface area contributed by atoms with Crippen molar-refractivity contribution in [2.24, 2.45) is 5.92 Å². The summed E-state index contributed by atoms with van der Waals surface area (Å²) in [6.45, 7) is 8.83. The fourth-order valence-electron chi connectivity index (χ4n) is 5.12. The van der Waals surface area contributed by atoms with Gasteiger partial charge in [-0.3, -0.25) is 9.69 Å². The van der Waals surface area contributed by atoms with E-state index in [2.05, 4.69) is 6.58 Å². The quantitative estimate of drug-likeness (QED) is 0.333. The Hall–Kier alpha value is -3.83. The number of hydrogen-bond acceptors (Lipinski definition) is 8. The smallest absolute Gasteiger partial charge is 0.410 e. The highest BCUT2D eigenvalue weighted by Crippen LogP contribution is 2.45. The molecule has 4 rings (SSSR count). The highest BCUT2D eigenvalue weighted by atomic mass is 32.2. The number of aromatic nitrogens is 1. The van der Waals surface area contributed by atoms with Crippen LogP contribution >= 0.6 is 0 Å². The molecule has 11 heteroatoms. The van der Waals surface area contributed by atoms with E-state index in [1.54, 1.807) is 57.2 Å². The topological polar surface area (TPSA) is 124 Å². The fourth-order valence-corrected chi connectivity index (χ4v) is 6.72. The molecule has 1 aliphatic rings. The second-order valence-electron chi connectivity index (χ2n) is 10.5. The molecule has 0 fully saturated rings. The Morgan fingerprint density at radius 1 is 1.12 bits per heavy atom. The van der Waals surface area contributed by atoms with Crippen molar-refractivity contribution in [2.45, 2.75) is 49.8 Å². The highest BCUT2D eigenvalue weighted by Gasteiger charge is 2.48. The van der Waals surface area contributed by atoms with Gasteiger partial charge in [0.15, 0.2) is 0 Å². The van der Waals surface area contributed by atoms with Crippen LogP contribution in [0.4, 0.5) is 4.79 Å². The number of esters is 1. The first-order valence-electron chi connectivity index (χ1n) is 12.8. The Balaban J connectivity index is 2.12. The van der Waals surface area contributed by atoms with E-state index in [-0.39, 0.29) is 23.6 Å². The number of ether oxygens (including phenoxy) is 3. The molecular weight excluding hydrogens is 536 g/mol. The molecule has 0 spiro atoms. The summed E-state index contributed by atoms with van der Waals surface area (Å²) in [6, 6.07) is 11.6. The fraction of sp³-hybridized carbons (Fsp3) is 0.379. The number of amides is 1. The number of carbonyl (C=O) groups excluding carboxylic acids is 2. The van der Waals surface area contributed by atoms with Gasteiger partial charge in [-0.15, -0.1) is 6.58 Å². The molecule has 10 nitrogen and oxygen atoms in total. The summed E-state index contributed by atoms with van der Waals surface area (Å²) >= 11 is 0. The van der Waals surface area contributed by atoms with Crippen LogP contribution in [0.3, 0.4) is 0 Å². The van der Waals surface area contributed by atoms with Gasteiger partial charge in [0.05, 0.1) is 42.5 Å². The van der Waals surface area contributed by atoms with Crippen LogP contribution in [0.5, 0.6) is 5.75 Å². The Morgan fingerprint density at radius 2 is 1.80 bits per heavy atom. The third kappa shape index (κ3) is 5.18. The molecule has 3 aromatic rings. The molecule has 0 aliphatic carbocycles. The van der Waals surface area contributed by atoms with Crippen molar-refractivity contribution in [1.29, 1.82) is 0 Å². The van der Waals surface area contributed by atoms with Crippen LogP contribution in [0.1, 0.15) is 38.1 Å². The average Bonchev–Trinajstić information content (AvgIpc) is 3.27. The minimum Gasteiger partial charge on any atom is -0.497 e. The second kappa shape index (κ2) is 11.0. The number of benzene rings is 2. The molecule has 0 bridgehead atoms. The molecule has 1 N–H and O–H groups in total. The zero-order valence-electron chi connectivity index (χ0n) is 23.2. The van der Waals surface area contributed by atoms with Crippen LogP contribution in [0, 0.1) is 5.92 Å². The predicted molar refractivity (Wildman–Crippen MR) is 149 cm³/mol. The number of methoxy groups -OCH3 is 2. The molecular formula is C29H34N2O8S. The highest BCUT2D eigenvalue weighted by molar-refractivity contribution is 7.90. The number of fused-ring (bicyclic) bond motifs is 3. The number of rotatable bonds is 7. The lowest BCUT2D eigenvalue weighted by molar-refractivity contribution is -0.152. The van der Waals surface area contributed by atoms with Crippen LogP contribution in [0.25, 0.3) is 10.9 Å². The molecule has 40 heavy (non-hydrogen) atoms. The molecule has 0 saturated heterocycles. The predicted octanol–water partition coefficient (Wildman–Crippen LogP) is 4.06. The van der Waals surface area contributed by atoms with Gasteiger partial charge in [-0.2, -0.15) is 0 Å². The van der Waals surface area contributed by atoms with Gasteiger partial charge < -0.3 is 19.3 Å². The van der Waals surface area contributed by atoms with E-state index >= 15 is 0 Å². The summed E-state index contributed by atoms with van der Waals surface area (Å²) in [5, 5.41) is 11.6. The lowest BCUT2D eigenvalue weighted by atomic mass is 9.85. The molecule has 1 aromatic heterocycles. The van der Waals surface area contributed by atoms with Crippen molar-refractivity contribution in [2.75, 3.05) is 20.8 Å². The third-order valence-corrected chi connectivity index (χ3v) is 8.57. The number of carbonyl (C=O) groups is 2. The van der Waals surface area contributed by atoms with E-state index in [0.29, 0.717) is 22.2 Å². The second-order valence-corrected chi connectivity index (χ2v) is 12.3. The summed E-state index contributed by atoms with van der Waals surface area (Å²) in [4.78, 5) is 28.1. The normalized spacial score (nSPS) is 17.1. The summed E-state index contributed by atoms with van der Waals surface area (Å²) < 4.78 is 45.9. The van der Waals surface area contributed by atoms with Gasteiger partial charge in [-0.05, 0) is 63.1 Å². The van der Waals surface area contributed by atoms with Crippen molar-refractivity contribution in [3.63, 3.8) is 0 Å². The molecule has 0 saturated carbocycles. The SMILES string of the molecule is C=CC(O)C(C(=O)OC)C1c2c(c3cc(OC)ccc3n2S(=O)(=O)c2ccccc2)CCN1C(=O)OC(C)(C)C. The summed E-state index contributed by atoms with van der Waals surface area (Å²) in [7, 11) is -1.59. The van der Waals surface area contributed by atoms with Gasteiger partial charge in [-0.1, -0.05) is 24.3 Å². The van der Waals surface area contributed by atoms with Crippen molar-refractivity contribution < 1.29 is 37.3 Å². The summed E-state index contributed by atoms with van der Waals surface area (Å²) in [6.07, 6.45) is -0.830. The summed E-state index contributed by atoms with van der Waals surface area (Å²) in [5.74, 6) is -1.75. The molecule has 1 amide bonds. The van der Waals surface area contributed by atoms with E-state index in [0.717, 1.165) is 17.2 Å². The van der Waals surface area contributed by atoms with Gasteiger partial charge >= 0.3 is 12.1 Å². The number of aliphatic hydroxyl groups excluding tert-OH is 1. The van der Waals surface area contributed by atoms with E-state index < -0.39 is 45.8 Å². The Morgan fingerprint density at radius 3 is 2.38 bits per heavy atom. The van der Waals surface area contributed by atoms with Crippen molar-refractivity contribution >= 4 is 33.0 Å². The monoisotopic (exact) mass is 570 g/mol. The summed E-state index contributed by atoms with van der Waals surface area (Å²) in [5.41, 5.74) is 0.210. The Kier molecular flexibility index (Phi) is 8.00. The zero-order valence-corrected chi connectivity index (χ0v) is 24.0. The maximum atomic E-state index is 14.3. The standard InChI is InChI=1S/C29H34N2O8S/c1-7-23(32)24(27(33)38-6)26-25-20(15-16-30(26)28(34)39-29(2,3)4)21-17-18(37-5)13-14-22(21)31(25)40(35,36)19-11-9-8-10-12-19/h7-14,17,23-24,26,32H,1,15-16H2,2-6H3. The minimum absolute atomic E-state index is 0.0116. The Labute approximate surface area is 233 Å². The molecule has 0 radical (unpaired) electrons. The zero-order chi connectivity index (χ0) is 29.4. The first-order valence-corrected chi connectivity index (χ1v) is 14.2. The Bertz CT molecular complexity index is 1540. The van der Waals surface area contributed by atoms with Gasteiger partial charge in [0.25, 0.3) is 10.0 Å². The molecule has 3 unspecified atom stereocenters. The van der Waals surface area contributed by atoms with Crippen LogP contribution in [0.2, 0.25) is 0 Å². The van der Waals surface area contributed by atoms with Gasteiger partial charge in [0.1, 0.15) is 17.3 Å². The van der Waals surface area contributed by atoms with Crippen LogP contribution in [0.15, 0.2) is 66.1 Å². The molecule has 2 heterocycles. The lowest BCUT2D eigenvalue weighted by Gasteiger charge is -2.41. The van der Waals surface area contributed by atoms with Gasteiger partial charge in [-0.25, -0.2) is 17.2 Å². The number of aliphatic hydroxyl groups is 1. The molecule has 1 aliphatic heterocycles. The van der Waals surface area contributed by atoms with Crippen LogP contribution < -0.4 is 4.74 Å². The van der Waals surface area contributed by atoms with E-state index in [9.17, 15) is 23.1 Å². The average molecular weight is 571 g/mol. The number of nitrogens with zero attached hydrogens (tertiary/aromatic N) is 2. The third-order valence-electron chi connectivity index (χ3n) is 6.83. The lowest BCUT2D eigenvalue weighted by Crippen LogP contribution is -2.50. The van der Waals surface area contributed by atoms with Crippen molar-refractivity contribution in [3.8, 4) is 5.75 Å². The maximum absolute atomic E-state index is 14.3. The molecule has 214 valence electrons.